The Hall–Kier alpha value is -1.30. The first-order valence-corrected chi connectivity index (χ1v) is 4.57. The van der Waals surface area contributed by atoms with Crippen molar-refractivity contribution >= 4 is 12.6 Å². The number of nitrogens with zero attached hydrogens (tertiary/aromatic N) is 2. The van der Waals surface area contributed by atoms with Crippen LogP contribution in [-0.2, 0) is 6.54 Å². The van der Waals surface area contributed by atoms with E-state index in [9.17, 15) is 0 Å². The largest absolute Gasteiger partial charge is 0.356 e. The quantitative estimate of drug-likeness (QED) is 0.346. The summed E-state index contributed by atoms with van der Waals surface area (Å²) in [6, 6.07) is 4.20. The van der Waals surface area contributed by atoms with Gasteiger partial charge in [-0.1, -0.05) is 0 Å². The summed E-state index contributed by atoms with van der Waals surface area (Å²) < 4.78 is 2.12. The molecule has 0 fully saturated rings. The molecular weight excluding hydrogens is 204 g/mol. The fourth-order valence-electron chi connectivity index (χ4n) is 0.796. The number of hydrogen-bond acceptors (Lipinski definition) is 4. The van der Waals surface area contributed by atoms with Crippen molar-refractivity contribution < 1.29 is 9.65 Å². The van der Waals surface area contributed by atoms with Gasteiger partial charge in [-0.2, -0.15) is 12.6 Å². The van der Waals surface area contributed by atoms with Crippen molar-refractivity contribution in [1.29, 1.82) is 0 Å². The Labute approximate surface area is 87.5 Å². The minimum absolute atomic E-state index is 0.897. The van der Waals surface area contributed by atoms with Gasteiger partial charge in [0.25, 0.3) is 0 Å². The van der Waals surface area contributed by atoms with E-state index in [1.54, 1.807) is 0 Å². The van der Waals surface area contributed by atoms with Crippen LogP contribution in [0.1, 0.15) is 5.56 Å². The lowest BCUT2D eigenvalue weighted by atomic mass is 10.3. The van der Waals surface area contributed by atoms with Crippen molar-refractivity contribution in [2.75, 3.05) is 5.75 Å². The molecule has 14 heavy (non-hydrogen) atoms. The van der Waals surface area contributed by atoms with E-state index < -0.39 is 5.09 Å². The van der Waals surface area contributed by atoms with E-state index in [4.69, 9.17) is 15.3 Å². The van der Waals surface area contributed by atoms with E-state index >= 15 is 0 Å². The van der Waals surface area contributed by atoms with Crippen molar-refractivity contribution in [3.05, 3.63) is 45.4 Å². The summed E-state index contributed by atoms with van der Waals surface area (Å²) in [5.41, 5.74) is 1.30. The number of aromatic nitrogens is 1. The highest BCUT2D eigenvalue weighted by molar-refractivity contribution is 7.80. The number of thiol groups is 1. The molecule has 0 aromatic carbocycles. The molecule has 0 spiro atoms. The van der Waals surface area contributed by atoms with Crippen molar-refractivity contribution in [3.8, 4) is 0 Å². The third kappa shape index (κ3) is 7.35. The Kier molecular flexibility index (Phi) is 6.47. The molecule has 5 nitrogen and oxygen atoms in total. The summed E-state index contributed by atoms with van der Waals surface area (Å²) >= 11 is 4.14. The van der Waals surface area contributed by atoms with Crippen LogP contribution in [0.3, 0.4) is 0 Å². The van der Waals surface area contributed by atoms with Crippen molar-refractivity contribution in [2.45, 2.75) is 13.5 Å². The molecule has 0 unspecified atom stereocenters. The highest BCUT2D eigenvalue weighted by Crippen LogP contribution is 1.89. The monoisotopic (exact) mass is 216 g/mol. The van der Waals surface area contributed by atoms with Gasteiger partial charge in [-0.3, -0.25) is 0 Å². The van der Waals surface area contributed by atoms with Crippen LogP contribution in [-0.4, -0.2) is 10.8 Å². The van der Waals surface area contributed by atoms with E-state index in [1.807, 2.05) is 0 Å². The number of hydrogen-bond donors (Lipinski definition) is 1. The molecule has 0 aliphatic carbocycles. The Morgan fingerprint density at radius 2 is 1.86 bits per heavy atom. The van der Waals surface area contributed by atoms with Gasteiger partial charge in [-0.15, -0.1) is 0 Å². The lowest BCUT2D eigenvalue weighted by Crippen LogP contribution is -2.33. The summed E-state index contributed by atoms with van der Waals surface area (Å²) in [7, 11) is 0. The molecular formula is C8H12N2O3S. The second-order valence-electron chi connectivity index (χ2n) is 2.56. The summed E-state index contributed by atoms with van der Waals surface area (Å²) in [5, 5.41) is 14.8. The highest BCUT2D eigenvalue weighted by Gasteiger charge is 1.94. The van der Waals surface area contributed by atoms with Gasteiger partial charge >= 0.3 is 0 Å². The maximum atomic E-state index is 8.25. The van der Waals surface area contributed by atoms with Crippen LogP contribution in [0.15, 0.2) is 24.5 Å². The fourth-order valence-corrected chi connectivity index (χ4v) is 1.03. The Morgan fingerprint density at radius 3 is 2.21 bits per heavy atom. The minimum Gasteiger partial charge on any atom is -0.356 e. The molecule has 0 atom stereocenters. The van der Waals surface area contributed by atoms with Gasteiger partial charge in [0.1, 0.15) is 0 Å². The molecule has 0 bridgehead atoms. The Balaban J connectivity index is 0.000000364. The molecule has 0 amide bonds. The van der Waals surface area contributed by atoms with E-state index in [1.165, 1.54) is 5.56 Å². The van der Waals surface area contributed by atoms with E-state index in [-0.39, 0.29) is 0 Å². The third-order valence-electron chi connectivity index (χ3n) is 1.42. The van der Waals surface area contributed by atoms with Gasteiger partial charge < -0.3 is 15.3 Å². The molecule has 0 saturated carbocycles. The highest BCUT2D eigenvalue weighted by atomic mass is 32.1. The van der Waals surface area contributed by atoms with Gasteiger partial charge in [0.2, 0.25) is 0 Å². The molecule has 0 saturated heterocycles. The first-order valence-electron chi connectivity index (χ1n) is 3.94. The van der Waals surface area contributed by atoms with Crippen LogP contribution in [0.5, 0.6) is 0 Å². The normalized spacial score (nSPS) is 8.71. The zero-order valence-electron chi connectivity index (χ0n) is 7.79. The lowest BCUT2D eigenvalue weighted by molar-refractivity contribution is -0.692. The molecule has 1 aromatic rings. The SMILES string of the molecule is Cc1cc[n+](CCS)cc1.O=[N+]([O-])[O-]. The molecule has 1 heterocycles. The van der Waals surface area contributed by atoms with Gasteiger partial charge in [0.05, 0.1) is 5.09 Å². The molecule has 6 heteroatoms. The average Bonchev–Trinajstić information content (AvgIpc) is 2.08. The van der Waals surface area contributed by atoms with Gasteiger partial charge in [0, 0.05) is 17.9 Å². The Morgan fingerprint density at radius 1 is 1.43 bits per heavy atom. The second kappa shape index (κ2) is 7.14. The molecule has 78 valence electrons. The average molecular weight is 216 g/mol. The van der Waals surface area contributed by atoms with Crippen LogP contribution in [0.25, 0.3) is 0 Å². The first-order chi connectivity index (χ1) is 6.56. The smallest absolute Gasteiger partial charge is 0.169 e. The van der Waals surface area contributed by atoms with Gasteiger partial charge in [-0.05, 0) is 12.5 Å². The molecule has 1 rings (SSSR count). The summed E-state index contributed by atoms with van der Waals surface area (Å²) in [4.78, 5) is 8.25. The second-order valence-corrected chi connectivity index (χ2v) is 3.01. The van der Waals surface area contributed by atoms with E-state index in [2.05, 4.69) is 48.6 Å². The number of aryl methyl sites for hydroxylation is 2. The van der Waals surface area contributed by atoms with E-state index in [0.717, 1.165) is 12.3 Å². The van der Waals surface area contributed by atoms with Crippen LogP contribution < -0.4 is 4.57 Å². The molecule has 1 aromatic heterocycles. The van der Waals surface area contributed by atoms with Crippen LogP contribution in [0.4, 0.5) is 0 Å². The van der Waals surface area contributed by atoms with Crippen molar-refractivity contribution in [1.82, 2.24) is 0 Å². The van der Waals surface area contributed by atoms with Crippen molar-refractivity contribution in [3.63, 3.8) is 0 Å². The minimum atomic E-state index is -1.75. The molecule has 0 N–H and O–H groups in total. The Bertz CT molecular complexity index is 272. The zero-order valence-corrected chi connectivity index (χ0v) is 8.68. The zero-order chi connectivity index (χ0) is 11.0. The topological polar surface area (TPSA) is 70.1 Å². The summed E-state index contributed by atoms with van der Waals surface area (Å²) in [6.45, 7) is 3.08. The van der Waals surface area contributed by atoms with Gasteiger partial charge in [0.15, 0.2) is 18.9 Å². The molecule has 0 aliphatic heterocycles. The predicted octanol–water partition coefficient (Wildman–Crippen LogP) is 0.973. The molecule has 0 radical (unpaired) electrons. The maximum Gasteiger partial charge on any atom is 0.169 e. The summed E-state index contributed by atoms with van der Waals surface area (Å²) in [5.74, 6) is 0.897. The third-order valence-corrected chi connectivity index (χ3v) is 1.62. The van der Waals surface area contributed by atoms with E-state index in [0.29, 0.717) is 0 Å². The standard InChI is InChI=1S/C8H11NS.NO3/c1-8-2-4-9(5-3-8)6-7-10;2-1(3)4/h2-5H,6-7H2,1H3;/q;-1/p+1. The van der Waals surface area contributed by atoms with Crippen LogP contribution >= 0.6 is 12.6 Å². The van der Waals surface area contributed by atoms with Gasteiger partial charge in [-0.25, -0.2) is 4.57 Å². The molecule has 0 aliphatic rings. The maximum absolute atomic E-state index is 8.25. The number of rotatable bonds is 2. The number of pyridine rings is 1. The first kappa shape index (κ1) is 12.7. The van der Waals surface area contributed by atoms with Crippen LogP contribution in [0.2, 0.25) is 0 Å². The predicted molar refractivity (Wildman–Crippen MR) is 55.6 cm³/mol. The van der Waals surface area contributed by atoms with Crippen LogP contribution in [0, 0.1) is 22.2 Å². The van der Waals surface area contributed by atoms with Crippen molar-refractivity contribution in [2.24, 2.45) is 0 Å². The lowest BCUT2D eigenvalue weighted by Gasteiger charge is -1.92. The summed E-state index contributed by atoms with van der Waals surface area (Å²) in [6.07, 6.45) is 4.15. The fraction of sp³-hybridized carbons (Fsp3) is 0.375.